The van der Waals surface area contributed by atoms with Crippen molar-refractivity contribution in [2.75, 3.05) is 14.2 Å². The van der Waals surface area contributed by atoms with Crippen molar-refractivity contribution in [2.24, 2.45) is 0 Å². The van der Waals surface area contributed by atoms with Crippen molar-refractivity contribution in [2.45, 2.75) is 36.1 Å². The molecule has 18 heavy (non-hydrogen) atoms. The summed E-state index contributed by atoms with van der Waals surface area (Å²) < 4.78 is 4.82. The van der Waals surface area contributed by atoms with Gasteiger partial charge in [0.25, 0.3) is 0 Å². The Balaban J connectivity index is 2.63. The lowest BCUT2D eigenvalue weighted by atomic mass is 9.96. The Morgan fingerprint density at radius 3 is 2.83 bits per heavy atom. The third kappa shape index (κ3) is 3.96. The van der Waals surface area contributed by atoms with Gasteiger partial charge in [-0.1, -0.05) is 6.92 Å². The Hall–Kier alpha value is -1.14. The van der Waals surface area contributed by atoms with Crippen LogP contribution in [0.25, 0.3) is 0 Å². The van der Waals surface area contributed by atoms with Crippen LogP contribution in [0.1, 0.15) is 20.3 Å². The van der Waals surface area contributed by atoms with Gasteiger partial charge in [-0.05, 0) is 20.4 Å². The first-order valence-corrected chi connectivity index (χ1v) is 6.60. The van der Waals surface area contributed by atoms with E-state index in [1.54, 1.807) is 37.4 Å². The van der Waals surface area contributed by atoms with Gasteiger partial charge in [0.1, 0.15) is 10.6 Å². The van der Waals surface area contributed by atoms with Gasteiger partial charge in [0, 0.05) is 17.6 Å². The molecule has 2 unspecified atom stereocenters. The fourth-order valence-electron chi connectivity index (χ4n) is 1.68. The minimum atomic E-state index is -0.677. The number of ether oxygens (including phenoxy) is 1. The van der Waals surface area contributed by atoms with E-state index in [4.69, 9.17) is 4.74 Å². The van der Waals surface area contributed by atoms with Crippen molar-refractivity contribution in [3.63, 3.8) is 0 Å². The maximum Gasteiger partial charge on any atom is 0.325 e. The predicted molar refractivity (Wildman–Crippen MR) is 71.4 cm³/mol. The zero-order valence-corrected chi connectivity index (χ0v) is 12.0. The molecule has 1 N–H and O–H groups in total. The lowest BCUT2D eigenvalue weighted by molar-refractivity contribution is -0.147. The summed E-state index contributed by atoms with van der Waals surface area (Å²) in [5.74, 6) is -0.253. The van der Waals surface area contributed by atoms with Gasteiger partial charge < -0.3 is 10.1 Å². The molecule has 6 heteroatoms. The highest BCUT2D eigenvalue weighted by Gasteiger charge is 2.34. The van der Waals surface area contributed by atoms with Crippen molar-refractivity contribution in [3.05, 3.63) is 18.6 Å². The van der Waals surface area contributed by atoms with Crippen LogP contribution < -0.4 is 5.32 Å². The van der Waals surface area contributed by atoms with Gasteiger partial charge in [0.05, 0.1) is 13.3 Å². The van der Waals surface area contributed by atoms with Crippen LogP contribution in [-0.2, 0) is 9.53 Å². The van der Waals surface area contributed by atoms with Gasteiger partial charge in [0.2, 0.25) is 0 Å². The van der Waals surface area contributed by atoms with Crippen molar-refractivity contribution >= 4 is 17.7 Å². The fourth-order valence-corrected chi connectivity index (χ4v) is 2.75. The Labute approximate surface area is 112 Å². The molecule has 0 saturated carbocycles. The molecule has 0 aliphatic carbocycles. The summed E-state index contributed by atoms with van der Waals surface area (Å²) in [7, 11) is 3.16. The molecule has 0 amide bonds. The number of thioether (sulfide) groups is 1. The second kappa shape index (κ2) is 6.70. The van der Waals surface area contributed by atoms with Crippen LogP contribution >= 0.6 is 11.8 Å². The van der Waals surface area contributed by atoms with Crippen molar-refractivity contribution in [3.8, 4) is 0 Å². The Morgan fingerprint density at radius 1 is 1.61 bits per heavy atom. The largest absolute Gasteiger partial charge is 0.468 e. The number of nitrogens with zero attached hydrogens (tertiary/aromatic N) is 2. The van der Waals surface area contributed by atoms with E-state index in [2.05, 4.69) is 22.2 Å². The summed E-state index contributed by atoms with van der Waals surface area (Å²) in [4.78, 5) is 19.9. The molecule has 0 radical (unpaired) electrons. The van der Waals surface area contributed by atoms with E-state index < -0.39 is 5.54 Å². The number of nitrogens with one attached hydrogen (secondary N) is 1. The van der Waals surface area contributed by atoms with E-state index in [-0.39, 0.29) is 11.2 Å². The molecule has 1 rings (SSSR count). The van der Waals surface area contributed by atoms with Crippen LogP contribution in [0.4, 0.5) is 0 Å². The van der Waals surface area contributed by atoms with Crippen LogP contribution in [0, 0.1) is 0 Å². The molecule has 0 aliphatic rings. The number of esters is 1. The summed E-state index contributed by atoms with van der Waals surface area (Å²) in [5.41, 5.74) is -0.677. The average molecular weight is 269 g/mol. The van der Waals surface area contributed by atoms with Gasteiger partial charge in [-0.2, -0.15) is 0 Å². The molecule has 100 valence electrons. The normalized spacial score (nSPS) is 15.8. The quantitative estimate of drug-likeness (QED) is 0.623. The van der Waals surface area contributed by atoms with Crippen molar-refractivity contribution in [1.29, 1.82) is 0 Å². The van der Waals surface area contributed by atoms with Crippen LogP contribution in [0.2, 0.25) is 0 Å². The SMILES string of the molecule is CNC(C)(CC(C)Sc1cnccn1)C(=O)OC. The van der Waals surface area contributed by atoms with Gasteiger partial charge in [-0.3, -0.25) is 9.78 Å². The molecule has 0 aliphatic heterocycles. The molecule has 0 saturated heterocycles. The summed E-state index contributed by atoms with van der Waals surface area (Å²) >= 11 is 1.59. The first-order chi connectivity index (χ1) is 8.51. The van der Waals surface area contributed by atoms with Crippen LogP contribution in [0.3, 0.4) is 0 Å². The monoisotopic (exact) mass is 269 g/mol. The van der Waals surface area contributed by atoms with E-state index in [0.717, 1.165) is 5.03 Å². The number of hydrogen-bond donors (Lipinski definition) is 1. The lowest BCUT2D eigenvalue weighted by Gasteiger charge is -2.28. The number of rotatable bonds is 6. The molecule has 1 aromatic heterocycles. The molecule has 0 aromatic carbocycles. The standard InChI is InChI=1S/C12H19N3O2S/c1-9(18-10-8-14-5-6-15-10)7-12(2,13-3)11(16)17-4/h5-6,8-9,13H,7H2,1-4H3. The number of aromatic nitrogens is 2. The third-order valence-corrected chi connectivity index (χ3v) is 3.77. The predicted octanol–water partition coefficient (Wildman–Crippen LogP) is 1.50. The zero-order chi connectivity index (χ0) is 13.6. The van der Waals surface area contributed by atoms with Gasteiger partial charge in [-0.25, -0.2) is 4.98 Å². The molecule has 0 fully saturated rings. The second-order valence-corrected chi connectivity index (χ2v) is 5.71. The highest BCUT2D eigenvalue weighted by molar-refractivity contribution is 7.99. The number of hydrogen-bond acceptors (Lipinski definition) is 6. The zero-order valence-electron chi connectivity index (χ0n) is 11.1. The van der Waals surface area contributed by atoms with E-state index in [0.29, 0.717) is 6.42 Å². The summed E-state index contributed by atoms with van der Waals surface area (Å²) in [6, 6.07) is 0. The average Bonchev–Trinajstić information content (AvgIpc) is 2.38. The Kier molecular flexibility index (Phi) is 5.55. The summed E-state index contributed by atoms with van der Waals surface area (Å²) in [6.45, 7) is 3.89. The molecule has 1 heterocycles. The van der Waals surface area contributed by atoms with Gasteiger partial charge >= 0.3 is 5.97 Å². The second-order valence-electron chi connectivity index (χ2n) is 4.25. The molecular formula is C12H19N3O2S. The first kappa shape index (κ1) is 14.9. The lowest BCUT2D eigenvalue weighted by Crippen LogP contribution is -2.49. The highest BCUT2D eigenvalue weighted by Crippen LogP contribution is 2.27. The van der Waals surface area contributed by atoms with E-state index in [1.165, 1.54) is 7.11 Å². The Bertz CT molecular complexity index is 388. The molecular weight excluding hydrogens is 250 g/mol. The maximum atomic E-state index is 11.7. The van der Waals surface area contributed by atoms with E-state index >= 15 is 0 Å². The molecule has 0 bridgehead atoms. The smallest absolute Gasteiger partial charge is 0.325 e. The minimum Gasteiger partial charge on any atom is -0.468 e. The molecule has 2 atom stereocenters. The van der Waals surface area contributed by atoms with E-state index in [9.17, 15) is 4.79 Å². The topological polar surface area (TPSA) is 64.1 Å². The maximum absolute atomic E-state index is 11.7. The molecule has 0 spiro atoms. The van der Waals surface area contributed by atoms with Gasteiger partial charge in [0.15, 0.2) is 0 Å². The summed E-state index contributed by atoms with van der Waals surface area (Å²) in [6.07, 6.45) is 5.67. The highest BCUT2D eigenvalue weighted by atomic mass is 32.2. The van der Waals surface area contributed by atoms with Crippen molar-refractivity contribution in [1.82, 2.24) is 15.3 Å². The van der Waals surface area contributed by atoms with Crippen LogP contribution in [0.5, 0.6) is 0 Å². The third-order valence-electron chi connectivity index (χ3n) is 2.74. The minimum absolute atomic E-state index is 0.221. The first-order valence-electron chi connectivity index (χ1n) is 5.72. The van der Waals surface area contributed by atoms with Crippen LogP contribution in [0.15, 0.2) is 23.6 Å². The summed E-state index contributed by atoms with van der Waals surface area (Å²) in [5, 5.41) is 4.10. The number of likely N-dealkylation sites (N-methyl/N-ethyl adjacent to an activating group) is 1. The Morgan fingerprint density at radius 2 is 2.33 bits per heavy atom. The molecule has 5 nitrogen and oxygen atoms in total. The number of carbonyl (C=O) groups excluding carboxylic acids is 1. The number of methoxy groups -OCH3 is 1. The van der Waals surface area contributed by atoms with Crippen LogP contribution in [-0.4, -0.2) is 40.9 Å². The molecule has 1 aromatic rings. The fraction of sp³-hybridized carbons (Fsp3) is 0.583. The number of carbonyl (C=O) groups is 1. The van der Waals surface area contributed by atoms with Crippen molar-refractivity contribution < 1.29 is 9.53 Å². The van der Waals surface area contributed by atoms with Gasteiger partial charge in [-0.15, -0.1) is 11.8 Å². The van der Waals surface area contributed by atoms with E-state index in [1.807, 2.05) is 6.92 Å².